The van der Waals surface area contributed by atoms with Crippen LogP contribution in [0.3, 0.4) is 0 Å². The molecule has 7 heteroatoms. The highest BCUT2D eigenvalue weighted by atomic mass is 19.1. The van der Waals surface area contributed by atoms with E-state index in [9.17, 15) is 14.0 Å². The molecule has 0 bridgehead atoms. The molecule has 17 heavy (non-hydrogen) atoms. The van der Waals surface area contributed by atoms with E-state index in [-0.39, 0.29) is 13.0 Å². The van der Waals surface area contributed by atoms with Gasteiger partial charge in [0.1, 0.15) is 6.23 Å². The summed E-state index contributed by atoms with van der Waals surface area (Å²) in [6.45, 7) is 0.623. The Labute approximate surface area is 95.7 Å². The van der Waals surface area contributed by atoms with E-state index < -0.39 is 29.8 Å². The molecule has 0 aliphatic carbocycles. The molecule has 1 aliphatic rings. The van der Waals surface area contributed by atoms with Crippen LogP contribution in [0, 0.1) is 6.92 Å². The number of aryl methyl sites for hydroxylation is 1. The number of halogens is 1. The van der Waals surface area contributed by atoms with Crippen molar-refractivity contribution in [3.63, 3.8) is 0 Å². The summed E-state index contributed by atoms with van der Waals surface area (Å²) in [4.78, 5) is 24.8. The van der Waals surface area contributed by atoms with E-state index >= 15 is 0 Å². The fraction of sp³-hybridized carbons (Fsp3) is 0.600. The second kappa shape index (κ2) is 4.08. The van der Waals surface area contributed by atoms with Gasteiger partial charge in [0.2, 0.25) is 0 Å². The topological polar surface area (TPSA) is 84.3 Å². The predicted octanol–water partition coefficient (Wildman–Crippen LogP) is -0.535. The van der Waals surface area contributed by atoms with Crippen molar-refractivity contribution in [2.75, 3.05) is 13.2 Å². The van der Waals surface area contributed by atoms with Gasteiger partial charge in [-0.25, -0.2) is 9.18 Å². The summed E-state index contributed by atoms with van der Waals surface area (Å²) in [5.41, 5.74) is -2.60. The van der Waals surface area contributed by atoms with E-state index in [1.807, 2.05) is 0 Å². The van der Waals surface area contributed by atoms with Gasteiger partial charge >= 0.3 is 5.69 Å². The average molecular weight is 244 g/mol. The van der Waals surface area contributed by atoms with Gasteiger partial charge in [0.25, 0.3) is 5.56 Å². The molecule has 94 valence electrons. The van der Waals surface area contributed by atoms with Crippen LogP contribution in [0.2, 0.25) is 0 Å². The highest BCUT2D eigenvalue weighted by molar-refractivity contribution is 5.02. The number of aromatic nitrogens is 2. The zero-order valence-corrected chi connectivity index (χ0v) is 9.27. The molecule has 0 amide bonds. The first kappa shape index (κ1) is 12.0. The first-order chi connectivity index (χ1) is 7.95. The number of nitrogens with one attached hydrogen (secondary N) is 1. The maximum absolute atomic E-state index is 13.7. The summed E-state index contributed by atoms with van der Waals surface area (Å²) in [6, 6.07) is 0. The van der Waals surface area contributed by atoms with Gasteiger partial charge in [0, 0.05) is 18.2 Å². The van der Waals surface area contributed by atoms with Gasteiger partial charge in [-0.2, -0.15) is 0 Å². The minimum absolute atomic E-state index is 0.116. The molecule has 2 heterocycles. The van der Waals surface area contributed by atoms with Crippen molar-refractivity contribution in [1.82, 2.24) is 9.55 Å². The fourth-order valence-corrected chi connectivity index (χ4v) is 1.77. The zero-order chi connectivity index (χ0) is 12.6. The maximum atomic E-state index is 13.7. The summed E-state index contributed by atoms with van der Waals surface area (Å²) in [5, 5.41) is 8.86. The second-order valence-electron chi connectivity index (χ2n) is 4.26. The molecule has 0 radical (unpaired) electrons. The molecule has 0 aromatic carbocycles. The molecule has 2 unspecified atom stereocenters. The quantitative estimate of drug-likeness (QED) is 0.732. The maximum Gasteiger partial charge on any atom is 0.330 e. The van der Waals surface area contributed by atoms with Crippen molar-refractivity contribution in [3.05, 3.63) is 32.6 Å². The Kier molecular flexibility index (Phi) is 2.88. The largest absolute Gasteiger partial charge is 0.393 e. The number of aliphatic hydroxyl groups is 1. The van der Waals surface area contributed by atoms with Crippen LogP contribution in [0.4, 0.5) is 4.39 Å². The number of nitrogens with zero attached hydrogens (tertiary/aromatic N) is 1. The number of rotatable bonds is 2. The molecule has 2 atom stereocenters. The molecule has 1 aromatic heterocycles. The van der Waals surface area contributed by atoms with Crippen LogP contribution in [-0.2, 0) is 4.74 Å². The monoisotopic (exact) mass is 244 g/mol. The van der Waals surface area contributed by atoms with Crippen LogP contribution in [0.25, 0.3) is 0 Å². The van der Waals surface area contributed by atoms with Gasteiger partial charge in [-0.05, 0) is 6.92 Å². The molecule has 1 aromatic rings. The zero-order valence-electron chi connectivity index (χ0n) is 9.27. The van der Waals surface area contributed by atoms with Gasteiger partial charge in [0.05, 0.1) is 13.2 Å². The van der Waals surface area contributed by atoms with Crippen LogP contribution >= 0.6 is 0 Å². The Morgan fingerprint density at radius 3 is 3.00 bits per heavy atom. The van der Waals surface area contributed by atoms with E-state index in [0.717, 1.165) is 4.57 Å². The van der Waals surface area contributed by atoms with E-state index in [1.54, 1.807) is 6.92 Å². The lowest BCUT2D eigenvalue weighted by Crippen LogP contribution is -2.34. The molecule has 2 N–H and O–H groups in total. The van der Waals surface area contributed by atoms with E-state index in [2.05, 4.69) is 4.98 Å². The molecule has 1 saturated heterocycles. The van der Waals surface area contributed by atoms with Crippen LogP contribution in [-0.4, -0.2) is 33.5 Å². The SMILES string of the molecule is Cc1cn(C2CC(F)(CO)CO2)c(=O)[nH]c1=O. The molecule has 1 aliphatic heterocycles. The van der Waals surface area contributed by atoms with Gasteiger partial charge in [0.15, 0.2) is 5.67 Å². The average Bonchev–Trinajstić information content (AvgIpc) is 2.67. The van der Waals surface area contributed by atoms with Crippen molar-refractivity contribution in [2.24, 2.45) is 0 Å². The molecule has 0 saturated carbocycles. The Bertz CT molecular complexity index is 538. The molecular formula is C10H13FN2O4. The van der Waals surface area contributed by atoms with Gasteiger partial charge in [-0.3, -0.25) is 14.3 Å². The van der Waals surface area contributed by atoms with Crippen LogP contribution < -0.4 is 11.2 Å². The number of aliphatic hydroxyl groups excluding tert-OH is 1. The lowest BCUT2D eigenvalue weighted by molar-refractivity contribution is 0.0272. The number of ether oxygens (including phenoxy) is 1. The standard InChI is InChI=1S/C10H13FN2O4/c1-6-3-13(9(16)12-8(6)15)7-2-10(11,4-14)5-17-7/h3,7,14H,2,4-5H2,1H3,(H,12,15,16). The van der Waals surface area contributed by atoms with E-state index in [4.69, 9.17) is 9.84 Å². The third-order valence-electron chi connectivity index (χ3n) is 2.81. The molecule has 0 spiro atoms. The molecule has 6 nitrogen and oxygen atoms in total. The summed E-state index contributed by atoms with van der Waals surface area (Å²) < 4.78 is 20.0. The van der Waals surface area contributed by atoms with Crippen LogP contribution in [0.5, 0.6) is 0 Å². The first-order valence-electron chi connectivity index (χ1n) is 5.19. The van der Waals surface area contributed by atoms with Gasteiger partial charge in [-0.1, -0.05) is 0 Å². The summed E-state index contributed by atoms with van der Waals surface area (Å²) in [7, 11) is 0. The first-order valence-corrected chi connectivity index (χ1v) is 5.19. The summed E-state index contributed by atoms with van der Waals surface area (Å²) >= 11 is 0. The Morgan fingerprint density at radius 2 is 2.41 bits per heavy atom. The van der Waals surface area contributed by atoms with Crippen molar-refractivity contribution in [3.8, 4) is 0 Å². The predicted molar refractivity (Wildman–Crippen MR) is 56.6 cm³/mol. The third-order valence-corrected chi connectivity index (χ3v) is 2.81. The fourth-order valence-electron chi connectivity index (χ4n) is 1.77. The number of alkyl halides is 1. The lowest BCUT2D eigenvalue weighted by atomic mass is 10.1. The van der Waals surface area contributed by atoms with E-state index in [1.165, 1.54) is 6.20 Å². The highest BCUT2D eigenvalue weighted by Crippen LogP contribution is 2.32. The minimum Gasteiger partial charge on any atom is -0.393 e. The normalized spacial score (nSPS) is 28.5. The van der Waals surface area contributed by atoms with Crippen molar-refractivity contribution in [1.29, 1.82) is 0 Å². The van der Waals surface area contributed by atoms with Crippen LogP contribution in [0.1, 0.15) is 18.2 Å². The van der Waals surface area contributed by atoms with E-state index in [0.29, 0.717) is 5.56 Å². The number of H-pyrrole nitrogens is 1. The molecule has 2 rings (SSSR count). The summed E-state index contributed by atoms with van der Waals surface area (Å²) in [6.07, 6.45) is 0.416. The van der Waals surface area contributed by atoms with Crippen molar-refractivity contribution < 1.29 is 14.2 Å². The van der Waals surface area contributed by atoms with Crippen molar-refractivity contribution in [2.45, 2.75) is 25.2 Å². The number of aromatic amines is 1. The van der Waals surface area contributed by atoms with Crippen LogP contribution in [0.15, 0.2) is 15.8 Å². The number of hydrogen-bond donors (Lipinski definition) is 2. The third kappa shape index (κ3) is 2.16. The lowest BCUT2D eigenvalue weighted by Gasteiger charge is -2.15. The Hall–Kier alpha value is -1.47. The van der Waals surface area contributed by atoms with Gasteiger partial charge < -0.3 is 9.84 Å². The number of hydrogen-bond acceptors (Lipinski definition) is 4. The van der Waals surface area contributed by atoms with Crippen molar-refractivity contribution >= 4 is 0 Å². The molecular weight excluding hydrogens is 231 g/mol. The summed E-state index contributed by atoms with van der Waals surface area (Å²) in [5.74, 6) is 0. The smallest absolute Gasteiger partial charge is 0.330 e. The molecule has 1 fully saturated rings. The Morgan fingerprint density at radius 1 is 1.71 bits per heavy atom. The minimum atomic E-state index is -1.83. The van der Waals surface area contributed by atoms with Gasteiger partial charge in [-0.15, -0.1) is 0 Å². The highest BCUT2D eigenvalue weighted by Gasteiger charge is 2.41. The Balaban J connectivity index is 2.34. The second-order valence-corrected chi connectivity index (χ2v) is 4.26.